The topological polar surface area (TPSA) is 69.6 Å². The predicted molar refractivity (Wildman–Crippen MR) is 80.6 cm³/mol. The van der Waals surface area contributed by atoms with Crippen molar-refractivity contribution in [1.29, 1.82) is 0 Å². The van der Waals surface area contributed by atoms with Crippen LogP contribution in [0.15, 0.2) is 28.7 Å². The van der Waals surface area contributed by atoms with Crippen LogP contribution in [0.4, 0.5) is 4.79 Å². The van der Waals surface area contributed by atoms with Gasteiger partial charge in [0.15, 0.2) is 0 Å². The van der Waals surface area contributed by atoms with E-state index in [2.05, 4.69) is 21.2 Å². The molecule has 0 saturated heterocycles. The minimum atomic E-state index is -1.01. The van der Waals surface area contributed by atoms with Crippen molar-refractivity contribution in [2.75, 3.05) is 13.1 Å². The second kappa shape index (κ2) is 7.89. The highest BCUT2D eigenvalue weighted by atomic mass is 79.9. The molecule has 110 valence electrons. The van der Waals surface area contributed by atoms with Crippen molar-refractivity contribution < 1.29 is 14.7 Å². The van der Waals surface area contributed by atoms with Gasteiger partial charge in [-0.15, -0.1) is 0 Å². The van der Waals surface area contributed by atoms with Crippen LogP contribution in [0.1, 0.15) is 31.9 Å². The Morgan fingerprint density at radius 1 is 1.35 bits per heavy atom. The van der Waals surface area contributed by atoms with Gasteiger partial charge in [0, 0.05) is 11.0 Å². The molecule has 1 atom stereocenters. The van der Waals surface area contributed by atoms with Crippen molar-refractivity contribution in [2.45, 2.75) is 26.3 Å². The van der Waals surface area contributed by atoms with E-state index in [1.54, 1.807) is 0 Å². The Kier molecular flexibility index (Phi) is 6.51. The molecule has 0 aliphatic carbocycles. The normalized spacial score (nSPS) is 11.8. The summed E-state index contributed by atoms with van der Waals surface area (Å²) in [4.78, 5) is 24.1. The van der Waals surface area contributed by atoms with Gasteiger partial charge in [-0.2, -0.15) is 0 Å². The van der Waals surface area contributed by atoms with Crippen LogP contribution in [0, 0.1) is 0 Å². The summed E-state index contributed by atoms with van der Waals surface area (Å²) in [7, 11) is 0. The lowest BCUT2D eigenvalue weighted by molar-refractivity contribution is -0.137. The highest BCUT2D eigenvalue weighted by molar-refractivity contribution is 9.10. The van der Waals surface area contributed by atoms with E-state index in [0.717, 1.165) is 10.0 Å². The molecule has 0 spiro atoms. The molecule has 1 unspecified atom stereocenters. The van der Waals surface area contributed by atoms with Crippen molar-refractivity contribution in [3.05, 3.63) is 34.3 Å². The predicted octanol–water partition coefficient (Wildman–Crippen LogP) is 3.02. The molecule has 2 amide bonds. The molecule has 0 aliphatic rings. The molecule has 0 heterocycles. The zero-order valence-corrected chi connectivity index (χ0v) is 13.2. The van der Waals surface area contributed by atoms with E-state index in [-0.39, 0.29) is 18.6 Å². The summed E-state index contributed by atoms with van der Waals surface area (Å²) in [5.41, 5.74) is 0.966. The fourth-order valence-corrected chi connectivity index (χ4v) is 2.06. The van der Waals surface area contributed by atoms with E-state index >= 15 is 0 Å². The average Bonchev–Trinajstić information content (AvgIpc) is 2.38. The summed E-state index contributed by atoms with van der Waals surface area (Å²) in [6.07, 6.45) is 0.716. The van der Waals surface area contributed by atoms with E-state index in [1.165, 1.54) is 4.90 Å². The minimum absolute atomic E-state index is 0.177. The molecule has 2 N–H and O–H groups in total. The molecule has 1 aromatic rings. The molecular weight excluding hydrogens is 324 g/mol. The summed E-state index contributed by atoms with van der Waals surface area (Å²) < 4.78 is 0.971. The standard InChI is InChI=1S/C14H19BrN2O3/c1-3-8-17(9-13(18)19)14(20)16-10(2)11-4-6-12(15)7-5-11/h4-7,10H,3,8-9H2,1-2H3,(H,16,20)(H,18,19). The van der Waals surface area contributed by atoms with Gasteiger partial charge in [-0.1, -0.05) is 35.0 Å². The van der Waals surface area contributed by atoms with Crippen molar-refractivity contribution in [3.8, 4) is 0 Å². The first-order valence-corrected chi connectivity index (χ1v) is 7.26. The SMILES string of the molecule is CCCN(CC(=O)O)C(=O)NC(C)c1ccc(Br)cc1. The number of hydrogen-bond acceptors (Lipinski definition) is 2. The van der Waals surface area contributed by atoms with E-state index in [1.807, 2.05) is 38.1 Å². The second-order valence-corrected chi connectivity index (χ2v) is 5.45. The Bertz CT molecular complexity index is 462. The van der Waals surface area contributed by atoms with Crippen molar-refractivity contribution >= 4 is 27.9 Å². The van der Waals surface area contributed by atoms with Crippen LogP contribution >= 0.6 is 15.9 Å². The Morgan fingerprint density at radius 3 is 2.45 bits per heavy atom. The third-order valence-corrected chi connectivity index (χ3v) is 3.35. The molecule has 1 aromatic carbocycles. The molecule has 0 bridgehead atoms. The number of halogens is 1. The molecule has 20 heavy (non-hydrogen) atoms. The lowest BCUT2D eigenvalue weighted by atomic mass is 10.1. The van der Waals surface area contributed by atoms with Gasteiger partial charge in [0.25, 0.3) is 0 Å². The number of urea groups is 1. The lowest BCUT2D eigenvalue weighted by Gasteiger charge is -2.23. The summed E-state index contributed by atoms with van der Waals surface area (Å²) in [6, 6.07) is 7.10. The molecule has 5 nitrogen and oxygen atoms in total. The van der Waals surface area contributed by atoms with Crippen LogP contribution in [-0.2, 0) is 4.79 Å². The number of carboxylic acids is 1. The zero-order chi connectivity index (χ0) is 15.1. The van der Waals surface area contributed by atoms with E-state index in [9.17, 15) is 9.59 Å². The van der Waals surface area contributed by atoms with E-state index < -0.39 is 5.97 Å². The summed E-state index contributed by atoms with van der Waals surface area (Å²) >= 11 is 3.36. The average molecular weight is 343 g/mol. The third-order valence-electron chi connectivity index (χ3n) is 2.82. The quantitative estimate of drug-likeness (QED) is 0.834. The highest BCUT2D eigenvalue weighted by Gasteiger charge is 2.18. The number of carbonyl (C=O) groups is 2. The Morgan fingerprint density at radius 2 is 1.95 bits per heavy atom. The number of carboxylic acid groups (broad SMARTS) is 1. The monoisotopic (exact) mass is 342 g/mol. The minimum Gasteiger partial charge on any atom is -0.480 e. The number of rotatable bonds is 6. The smallest absolute Gasteiger partial charge is 0.323 e. The number of amides is 2. The van der Waals surface area contributed by atoms with Crippen LogP contribution in [0.25, 0.3) is 0 Å². The number of benzene rings is 1. The number of hydrogen-bond donors (Lipinski definition) is 2. The lowest BCUT2D eigenvalue weighted by Crippen LogP contribution is -2.43. The van der Waals surface area contributed by atoms with Crippen molar-refractivity contribution in [3.63, 3.8) is 0 Å². The summed E-state index contributed by atoms with van der Waals surface area (Å²) in [5.74, 6) is -1.01. The van der Waals surface area contributed by atoms with Gasteiger partial charge in [-0.25, -0.2) is 4.79 Å². The molecule has 0 fully saturated rings. The van der Waals surface area contributed by atoms with E-state index in [0.29, 0.717) is 13.0 Å². The maximum absolute atomic E-state index is 12.1. The van der Waals surface area contributed by atoms with Gasteiger partial charge < -0.3 is 15.3 Å². The highest BCUT2D eigenvalue weighted by Crippen LogP contribution is 2.16. The molecule has 0 aliphatic heterocycles. The molecule has 0 saturated carbocycles. The maximum atomic E-state index is 12.1. The molecule has 6 heteroatoms. The first-order valence-electron chi connectivity index (χ1n) is 6.46. The summed E-state index contributed by atoms with van der Waals surface area (Å²) in [6.45, 7) is 3.91. The fraction of sp³-hybridized carbons (Fsp3) is 0.429. The van der Waals surface area contributed by atoms with Gasteiger partial charge in [-0.3, -0.25) is 4.79 Å². The van der Waals surface area contributed by atoms with Gasteiger partial charge >= 0.3 is 12.0 Å². The zero-order valence-electron chi connectivity index (χ0n) is 11.6. The Hall–Kier alpha value is -1.56. The van der Waals surface area contributed by atoms with Gasteiger partial charge in [0.1, 0.15) is 6.54 Å². The van der Waals surface area contributed by atoms with Crippen molar-refractivity contribution in [2.24, 2.45) is 0 Å². The molecular formula is C14H19BrN2O3. The fourth-order valence-electron chi connectivity index (χ4n) is 1.80. The van der Waals surface area contributed by atoms with Crippen LogP contribution in [-0.4, -0.2) is 35.1 Å². The first kappa shape index (κ1) is 16.5. The second-order valence-electron chi connectivity index (χ2n) is 4.54. The Balaban J connectivity index is 2.66. The third kappa shape index (κ3) is 5.21. The summed E-state index contributed by atoms with van der Waals surface area (Å²) in [5, 5.41) is 11.6. The number of aliphatic carboxylic acids is 1. The Labute approximate surface area is 127 Å². The van der Waals surface area contributed by atoms with Gasteiger partial charge in [0.05, 0.1) is 6.04 Å². The van der Waals surface area contributed by atoms with Crippen molar-refractivity contribution in [1.82, 2.24) is 10.2 Å². The molecule has 1 rings (SSSR count). The van der Waals surface area contributed by atoms with Crippen LogP contribution in [0.2, 0.25) is 0 Å². The largest absolute Gasteiger partial charge is 0.480 e. The van der Waals surface area contributed by atoms with Gasteiger partial charge in [-0.05, 0) is 31.0 Å². The van der Waals surface area contributed by atoms with Crippen LogP contribution in [0.3, 0.4) is 0 Å². The number of nitrogens with one attached hydrogen (secondary N) is 1. The number of carbonyl (C=O) groups excluding carboxylic acids is 1. The van der Waals surface area contributed by atoms with Crippen LogP contribution in [0.5, 0.6) is 0 Å². The molecule has 0 radical (unpaired) electrons. The maximum Gasteiger partial charge on any atom is 0.323 e. The first-order chi connectivity index (χ1) is 9.43. The molecule has 0 aromatic heterocycles. The van der Waals surface area contributed by atoms with E-state index in [4.69, 9.17) is 5.11 Å². The van der Waals surface area contributed by atoms with Crippen LogP contribution < -0.4 is 5.32 Å². The van der Waals surface area contributed by atoms with Gasteiger partial charge in [0.2, 0.25) is 0 Å². The number of nitrogens with zero attached hydrogens (tertiary/aromatic N) is 1.